The summed E-state index contributed by atoms with van der Waals surface area (Å²) < 4.78 is 0. The lowest BCUT2D eigenvalue weighted by Crippen LogP contribution is -2.36. The number of likely N-dealkylation sites (N-methyl/N-ethyl adjacent to an activating group) is 1. The van der Waals surface area contributed by atoms with Gasteiger partial charge in [0.25, 0.3) is 0 Å². The van der Waals surface area contributed by atoms with Gasteiger partial charge in [-0.25, -0.2) is 0 Å². The molecule has 0 aliphatic carbocycles. The van der Waals surface area contributed by atoms with E-state index in [1.54, 1.807) is 12.1 Å². The first kappa shape index (κ1) is 42.0. The summed E-state index contributed by atoms with van der Waals surface area (Å²) in [6.45, 7) is 24.0. The van der Waals surface area contributed by atoms with Gasteiger partial charge in [-0.15, -0.1) is 11.6 Å². The molecular weight excluding hydrogens is 538 g/mol. The number of likely N-dealkylation sites (tertiary alicyclic amines) is 1. The highest BCUT2D eigenvalue weighted by Gasteiger charge is 2.18. The van der Waals surface area contributed by atoms with Gasteiger partial charge in [0.05, 0.1) is 0 Å². The molecule has 2 saturated heterocycles. The SMILES string of the molecule is CCC.CCC.CCCl.CCN1CCCC(CO)C1.CCN1CCc2cc(O)c(O)cc2C1.OCC1CCCNC1. The van der Waals surface area contributed by atoms with Crippen molar-refractivity contribution >= 4 is 11.6 Å². The number of rotatable bonds is 4. The van der Waals surface area contributed by atoms with Crippen LogP contribution in [0.25, 0.3) is 0 Å². The van der Waals surface area contributed by atoms with E-state index < -0.39 is 0 Å². The maximum Gasteiger partial charge on any atom is 0.157 e. The summed E-state index contributed by atoms with van der Waals surface area (Å²) in [5.41, 5.74) is 2.29. The van der Waals surface area contributed by atoms with Gasteiger partial charge in [-0.2, -0.15) is 0 Å². The number of phenols is 2. The van der Waals surface area contributed by atoms with Crippen LogP contribution in [0.2, 0.25) is 0 Å². The van der Waals surface area contributed by atoms with Gasteiger partial charge in [0, 0.05) is 45.3 Å². The maximum atomic E-state index is 9.37. The van der Waals surface area contributed by atoms with Crippen molar-refractivity contribution in [1.82, 2.24) is 15.1 Å². The molecule has 7 nitrogen and oxygen atoms in total. The topological polar surface area (TPSA) is 99.4 Å². The summed E-state index contributed by atoms with van der Waals surface area (Å²) in [7, 11) is 0. The second-order valence-electron chi connectivity index (χ2n) is 10.9. The number of alkyl halides is 1. The van der Waals surface area contributed by atoms with E-state index in [1.165, 1.54) is 45.1 Å². The molecule has 1 aromatic rings. The molecule has 0 saturated carbocycles. The molecule has 1 aromatic carbocycles. The molecule has 8 heteroatoms. The molecule has 0 radical (unpaired) electrons. The summed E-state index contributed by atoms with van der Waals surface area (Å²) in [6.07, 6.45) is 8.36. The molecule has 2 unspecified atom stereocenters. The Labute approximate surface area is 258 Å². The smallest absolute Gasteiger partial charge is 0.157 e. The Bertz CT molecular complexity index is 691. The minimum absolute atomic E-state index is 0.00583. The number of aliphatic hydroxyl groups excluding tert-OH is 2. The van der Waals surface area contributed by atoms with Crippen molar-refractivity contribution in [1.29, 1.82) is 0 Å². The third-order valence-corrected chi connectivity index (χ3v) is 6.80. The molecule has 0 aromatic heterocycles. The van der Waals surface area contributed by atoms with E-state index in [4.69, 9.17) is 21.8 Å². The molecule has 0 bridgehead atoms. The van der Waals surface area contributed by atoms with E-state index in [0.717, 1.165) is 69.2 Å². The van der Waals surface area contributed by atoms with Crippen molar-refractivity contribution in [3.63, 3.8) is 0 Å². The van der Waals surface area contributed by atoms with E-state index in [9.17, 15) is 10.2 Å². The van der Waals surface area contributed by atoms with Crippen molar-refractivity contribution in [2.75, 3.05) is 64.9 Å². The van der Waals surface area contributed by atoms with Gasteiger partial charge >= 0.3 is 0 Å². The maximum absolute atomic E-state index is 9.37. The number of aromatic hydroxyl groups is 2. The molecule has 3 aliphatic rings. The van der Waals surface area contributed by atoms with E-state index in [0.29, 0.717) is 25.0 Å². The Kier molecular flexibility index (Phi) is 29.7. The number of aliphatic hydroxyl groups is 2. The fourth-order valence-electron chi connectivity index (χ4n) is 4.58. The third kappa shape index (κ3) is 21.3. The molecule has 244 valence electrons. The second kappa shape index (κ2) is 29.0. The average Bonchev–Trinajstić information content (AvgIpc) is 3.00. The zero-order chi connectivity index (χ0) is 31.5. The number of hydrogen-bond acceptors (Lipinski definition) is 7. The zero-order valence-electron chi connectivity index (χ0n) is 27.6. The van der Waals surface area contributed by atoms with Gasteiger partial charge in [-0.05, 0) is 93.4 Å². The van der Waals surface area contributed by atoms with Crippen molar-refractivity contribution in [3.05, 3.63) is 23.3 Å². The van der Waals surface area contributed by atoms with E-state index in [2.05, 4.69) is 56.7 Å². The fraction of sp³-hybridized carbons (Fsp3) is 0.818. The summed E-state index contributed by atoms with van der Waals surface area (Å²) in [4.78, 5) is 4.73. The predicted octanol–water partition coefficient (Wildman–Crippen LogP) is 6.24. The quantitative estimate of drug-likeness (QED) is 0.205. The standard InChI is InChI=1S/C11H15NO2.C8H17NO.C6H13NO.2C3H8.C2H5Cl/c1-2-12-4-3-8-5-10(13)11(14)6-9(8)7-12;1-2-9-5-3-4-8(6-9)7-10;8-5-6-2-1-3-7-4-6;2*1-3-2;1-2-3/h5-6,13-14H,2-4,7H2,1H3;8,10H,2-7H2,1H3;6-8H,1-5H2;2*3H2,1-2H3;2H2,1H3. The molecule has 0 amide bonds. The largest absolute Gasteiger partial charge is 0.504 e. The van der Waals surface area contributed by atoms with Crippen LogP contribution in [-0.4, -0.2) is 95.1 Å². The molecule has 41 heavy (non-hydrogen) atoms. The lowest BCUT2D eigenvalue weighted by molar-refractivity contribution is 0.125. The minimum Gasteiger partial charge on any atom is -0.504 e. The zero-order valence-corrected chi connectivity index (χ0v) is 28.4. The van der Waals surface area contributed by atoms with Crippen LogP contribution < -0.4 is 5.32 Å². The van der Waals surface area contributed by atoms with Crippen LogP contribution in [0.1, 0.15) is 98.1 Å². The van der Waals surface area contributed by atoms with Gasteiger partial charge in [0.1, 0.15) is 0 Å². The van der Waals surface area contributed by atoms with Crippen LogP contribution in [-0.2, 0) is 13.0 Å². The van der Waals surface area contributed by atoms with E-state index in [-0.39, 0.29) is 11.5 Å². The number of fused-ring (bicyclic) bond motifs is 1. The highest BCUT2D eigenvalue weighted by atomic mass is 35.5. The summed E-state index contributed by atoms with van der Waals surface area (Å²) in [5, 5.41) is 39.5. The van der Waals surface area contributed by atoms with Crippen molar-refractivity contribution < 1.29 is 20.4 Å². The molecule has 0 spiro atoms. The number of halogens is 1. The Hall–Kier alpha value is -1.09. The monoisotopic (exact) mass is 603 g/mol. The van der Waals surface area contributed by atoms with E-state index in [1.807, 2.05) is 6.92 Å². The number of hydrogen-bond donors (Lipinski definition) is 5. The normalized spacial score (nSPS) is 20.0. The highest BCUT2D eigenvalue weighted by Crippen LogP contribution is 2.31. The number of nitrogens with one attached hydrogen (secondary N) is 1. The fourth-order valence-corrected chi connectivity index (χ4v) is 4.58. The van der Waals surface area contributed by atoms with Crippen LogP contribution in [0.3, 0.4) is 0 Å². The predicted molar refractivity (Wildman–Crippen MR) is 177 cm³/mol. The van der Waals surface area contributed by atoms with Gasteiger partial charge in [-0.1, -0.05) is 61.3 Å². The number of piperidine rings is 2. The van der Waals surface area contributed by atoms with Gasteiger partial charge < -0.3 is 30.6 Å². The Morgan fingerprint density at radius 3 is 1.73 bits per heavy atom. The Balaban J connectivity index is 0. The van der Waals surface area contributed by atoms with Crippen LogP contribution in [0.15, 0.2) is 12.1 Å². The Morgan fingerprint density at radius 2 is 1.29 bits per heavy atom. The van der Waals surface area contributed by atoms with Crippen molar-refractivity contribution in [2.45, 2.75) is 100.0 Å². The van der Waals surface area contributed by atoms with Crippen molar-refractivity contribution in [3.8, 4) is 11.5 Å². The van der Waals surface area contributed by atoms with Gasteiger partial charge in [0.2, 0.25) is 0 Å². The lowest BCUT2D eigenvalue weighted by Gasteiger charge is -2.30. The highest BCUT2D eigenvalue weighted by molar-refractivity contribution is 6.17. The first-order valence-electron chi connectivity index (χ1n) is 16.2. The summed E-state index contributed by atoms with van der Waals surface area (Å²) >= 11 is 5.00. The van der Waals surface area contributed by atoms with Gasteiger partial charge in [-0.3, -0.25) is 4.90 Å². The second-order valence-corrected chi connectivity index (χ2v) is 11.4. The first-order chi connectivity index (χ1) is 19.7. The molecule has 2 fully saturated rings. The van der Waals surface area contributed by atoms with Crippen LogP contribution in [0.5, 0.6) is 11.5 Å². The molecular formula is C33H66ClN3O4. The average molecular weight is 604 g/mol. The molecule has 2 atom stereocenters. The molecule has 5 N–H and O–H groups in total. The number of benzene rings is 1. The molecule has 3 heterocycles. The molecule has 3 aliphatic heterocycles. The lowest BCUT2D eigenvalue weighted by atomic mass is 9.99. The van der Waals surface area contributed by atoms with Gasteiger partial charge in [0.15, 0.2) is 11.5 Å². The number of nitrogens with zero attached hydrogens (tertiary/aromatic N) is 2. The van der Waals surface area contributed by atoms with E-state index >= 15 is 0 Å². The Morgan fingerprint density at radius 1 is 0.780 bits per heavy atom. The van der Waals surface area contributed by atoms with Crippen LogP contribution in [0.4, 0.5) is 0 Å². The minimum atomic E-state index is -0.0123. The summed E-state index contributed by atoms with van der Waals surface area (Å²) in [5.74, 6) is 1.79. The summed E-state index contributed by atoms with van der Waals surface area (Å²) in [6, 6.07) is 3.35. The van der Waals surface area contributed by atoms with Crippen molar-refractivity contribution in [2.24, 2.45) is 11.8 Å². The third-order valence-electron chi connectivity index (χ3n) is 6.80. The number of phenolic OH excluding ortho intramolecular Hbond substituents is 2. The molecule has 4 rings (SSSR count). The van der Waals surface area contributed by atoms with Crippen LogP contribution in [0, 0.1) is 11.8 Å². The first-order valence-corrected chi connectivity index (χ1v) is 16.7. The van der Waals surface area contributed by atoms with Crippen LogP contribution >= 0.6 is 11.6 Å².